The Balaban J connectivity index is 1.86. The minimum absolute atomic E-state index is 0.0642. The van der Waals surface area contributed by atoms with Crippen molar-refractivity contribution in [3.05, 3.63) is 45.6 Å². The summed E-state index contributed by atoms with van der Waals surface area (Å²) in [5, 5.41) is 13.4. The molecule has 0 aliphatic carbocycles. The van der Waals surface area contributed by atoms with Crippen molar-refractivity contribution in [3.63, 3.8) is 0 Å². The van der Waals surface area contributed by atoms with Crippen LogP contribution in [0, 0.1) is 0 Å². The van der Waals surface area contributed by atoms with Crippen LogP contribution in [0.5, 0.6) is 5.75 Å². The predicted octanol–water partition coefficient (Wildman–Crippen LogP) is 3.20. The van der Waals surface area contributed by atoms with E-state index in [9.17, 15) is 23.1 Å². The second-order valence-electron chi connectivity index (χ2n) is 8.21. The minimum atomic E-state index is -4.85. The molecule has 29 heavy (non-hydrogen) atoms. The molecule has 0 atom stereocenters. The van der Waals surface area contributed by atoms with Crippen molar-refractivity contribution >= 4 is 13.8 Å². The molecule has 0 unspecified atom stereocenters. The van der Waals surface area contributed by atoms with E-state index in [1.165, 1.54) is 17.2 Å². The summed E-state index contributed by atoms with van der Waals surface area (Å²) in [4.78, 5) is 18.0. The van der Waals surface area contributed by atoms with Crippen LogP contribution in [0.25, 0.3) is 0 Å². The lowest BCUT2D eigenvalue weighted by Gasteiger charge is -2.22. The first kappa shape index (κ1) is 21.3. The van der Waals surface area contributed by atoms with Gasteiger partial charge < -0.3 is 14.7 Å². The molecule has 2 aromatic rings. The molecule has 158 valence electrons. The van der Waals surface area contributed by atoms with Gasteiger partial charge in [-0.1, -0.05) is 19.6 Å². The number of aromatic hydroxyl groups is 1. The molecule has 1 aliphatic heterocycles. The van der Waals surface area contributed by atoms with Crippen LogP contribution in [0.4, 0.5) is 18.9 Å². The van der Waals surface area contributed by atoms with Crippen molar-refractivity contribution < 1.29 is 23.0 Å². The number of fused-ring (bicyclic) bond motifs is 1. The summed E-state index contributed by atoms with van der Waals surface area (Å²) in [6, 6.07) is 2.29. The van der Waals surface area contributed by atoms with Gasteiger partial charge >= 0.3 is 6.18 Å². The lowest BCUT2D eigenvalue weighted by atomic mass is 10.2. The maximum Gasteiger partial charge on any atom is 0.423 e. The summed E-state index contributed by atoms with van der Waals surface area (Å²) in [6.45, 7) is 6.68. The van der Waals surface area contributed by atoms with E-state index in [-0.39, 0.29) is 31.3 Å². The summed E-state index contributed by atoms with van der Waals surface area (Å²) in [5.41, 5.74) is -1.67. The fourth-order valence-electron chi connectivity index (χ4n) is 3.03. The summed E-state index contributed by atoms with van der Waals surface area (Å²) in [6.07, 6.45) is -2.57. The number of halogens is 3. The molecule has 0 aromatic carbocycles. The monoisotopic (exact) mass is 428 g/mol. The van der Waals surface area contributed by atoms with Gasteiger partial charge in [0.1, 0.15) is 18.0 Å². The van der Waals surface area contributed by atoms with Crippen molar-refractivity contribution in [2.45, 2.75) is 51.7 Å². The summed E-state index contributed by atoms with van der Waals surface area (Å²) in [7, 11) is -1.35. The highest BCUT2D eigenvalue weighted by atomic mass is 28.3. The van der Waals surface area contributed by atoms with Gasteiger partial charge in [-0.05, 0) is 17.7 Å². The third-order valence-corrected chi connectivity index (χ3v) is 6.31. The molecule has 0 fully saturated rings. The van der Waals surface area contributed by atoms with Crippen molar-refractivity contribution in [3.8, 4) is 5.75 Å². The third-order valence-electron chi connectivity index (χ3n) is 4.61. The molecule has 3 rings (SSSR count). The Bertz CT molecular complexity index is 957. The number of alkyl halides is 3. The number of rotatable bonds is 6. The first-order valence-electron chi connectivity index (χ1n) is 9.12. The van der Waals surface area contributed by atoms with E-state index in [0.717, 1.165) is 12.2 Å². The zero-order valence-electron chi connectivity index (χ0n) is 16.5. The number of anilines is 1. The van der Waals surface area contributed by atoms with Crippen molar-refractivity contribution in [2.75, 3.05) is 11.5 Å². The fraction of sp³-hybridized carbons (Fsp3) is 0.500. The standard InChI is InChI=1S/C18H23F3N4O3Si/c1-29(2,3)5-4-28-11-25-17(27)16(18(19,20)21)15(8-23-25)24-9-12-6-13(26)7-22-14(12)10-24/h6-8,26H,4-5,9-11H2,1-3H3. The highest BCUT2D eigenvalue weighted by molar-refractivity contribution is 6.76. The fourth-order valence-corrected chi connectivity index (χ4v) is 3.78. The number of aromatic nitrogens is 3. The van der Waals surface area contributed by atoms with Gasteiger partial charge in [-0.25, -0.2) is 4.68 Å². The number of pyridine rings is 1. The lowest BCUT2D eigenvalue weighted by Crippen LogP contribution is -2.34. The summed E-state index contributed by atoms with van der Waals surface area (Å²) in [5.74, 6) is -0.0642. The Morgan fingerprint density at radius 2 is 1.97 bits per heavy atom. The maximum absolute atomic E-state index is 13.7. The van der Waals surface area contributed by atoms with E-state index < -0.39 is 25.4 Å². The zero-order valence-corrected chi connectivity index (χ0v) is 17.5. The molecule has 0 bridgehead atoms. The Labute approximate surface area is 166 Å². The van der Waals surface area contributed by atoms with E-state index in [4.69, 9.17) is 4.74 Å². The largest absolute Gasteiger partial charge is 0.506 e. The topological polar surface area (TPSA) is 80.5 Å². The normalized spacial score (nSPS) is 14.3. The Kier molecular flexibility index (Phi) is 5.72. The van der Waals surface area contributed by atoms with Crippen LogP contribution in [-0.4, -0.2) is 34.6 Å². The smallest absolute Gasteiger partial charge is 0.423 e. The van der Waals surface area contributed by atoms with Crippen molar-refractivity contribution in [1.29, 1.82) is 0 Å². The Hall–Kier alpha value is -2.40. The molecule has 0 radical (unpaired) electrons. The second kappa shape index (κ2) is 7.79. The van der Waals surface area contributed by atoms with E-state index >= 15 is 0 Å². The quantitative estimate of drug-likeness (QED) is 0.562. The van der Waals surface area contributed by atoms with Crippen LogP contribution in [0.2, 0.25) is 25.7 Å². The lowest BCUT2D eigenvalue weighted by molar-refractivity contribution is -0.138. The van der Waals surface area contributed by atoms with Crippen LogP contribution in [-0.2, 0) is 30.7 Å². The molecule has 11 heteroatoms. The number of nitrogens with zero attached hydrogens (tertiary/aromatic N) is 4. The Morgan fingerprint density at radius 1 is 1.24 bits per heavy atom. The van der Waals surface area contributed by atoms with Crippen LogP contribution < -0.4 is 10.5 Å². The van der Waals surface area contributed by atoms with Gasteiger partial charge in [0.2, 0.25) is 0 Å². The van der Waals surface area contributed by atoms with Gasteiger partial charge in [0.25, 0.3) is 5.56 Å². The summed E-state index contributed by atoms with van der Waals surface area (Å²) < 4.78 is 47.3. The van der Waals surface area contributed by atoms with Crippen LogP contribution in [0.3, 0.4) is 0 Å². The molecule has 0 spiro atoms. The van der Waals surface area contributed by atoms with Gasteiger partial charge in [0.15, 0.2) is 0 Å². The van der Waals surface area contributed by atoms with Gasteiger partial charge in [-0.3, -0.25) is 9.78 Å². The van der Waals surface area contributed by atoms with E-state index in [1.807, 2.05) is 0 Å². The molecular weight excluding hydrogens is 405 g/mol. The van der Waals surface area contributed by atoms with E-state index in [0.29, 0.717) is 22.5 Å². The molecular formula is C18H23F3N4O3Si. The van der Waals surface area contributed by atoms with Crippen LogP contribution in [0.15, 0.2) is 23.3 Å². The van der Waals surface area contributed by atoms with Gasteiger partial charge in [-0.2, -0.15) is 18.3 Å². The highest BCUT2D eigenvalue weighted by Crippen LogP contribution is 2.37. The van der Waals surface area contributed by atoms with Crippen LogP contribution >= 0.6 is 0 Å². The van der Waals surface area contributed by atoms with Crippen LogP contribution in [0.1, 0.15) is 16.8 Å². The van der Waals surface area contributed by atoms with E-state index in [1.54, 1.807) is 0 Å². The first-order valence-corrected chi connectivity index (χ1v) is 12.8. The molecule has 1 aliphatic rings. The van der Waals surface area contributed by atoms with Gasteiger partial charge in [0.05, 0.1) is 30.3 Å². The molecule has 3 heterocycles. The maximum atomic E-state index is 13.7. The summed E-state index contributed by atoms with van der Waals surface area (Å²) >= 11 is 0. The number of hydrogen-bond acceptors (Lipinski definition) is 6. The number of ether oxygens (including phenoxy) is 1. The molecule has 1 N–H and O–H groups in total. The SMILES string of the molecule is C[Si](C)(C)CCOCn1ncc(N2Cc3cc(O)cnc3C2)c(C(F)(F)F)c1=O. The predicted molar refractivity (Wildman–Crippen MR) is 103 cm³/mol. The minimum Gasteiger partial charge on any atom is -0.506 e. The molecule has 2 aromatic heterocycles. The van der Waals surface area contributed by atoms with Gasteiger partial charge in [0, 0.05) is 21.2 Å². The van der Waals surface area contributed by atoms with E-state index in [2.05, 4.69) is 29.7 Å². The van der Waals surface area contributed by atoms with Crippen molar-refractivity contribution in [2.24, 2.45) is 0 Å². The third kappa shape index (κ3) is 4.96. The Morgan fingerprint density at radius 3 is 2.62 bits per heavy atom. The average Bonchev–Trinajstić information content (AvgIpc) is 3.00. The average molecular weight is 428 g/mol. The van der Waals surface area contributed by atoms with Crippen molar-refractivity contribution in [1.82, 2.24) is 14.8 Å². The molecule has 7 nitrogen and oxygen atoms in total. The molecule has 0 saturated heterocycles. The first-order chi connectivity index (χ1) is 13.5. The second-order valence-corrected chi connectivity index (χ2v) is 13.8. The molecule has 0 amide bonds. The highest BCUT2D eigenvalue weighted by Gasteiger charge is 2.40. The number of hydrogen-bond donors (Lipinski definition) is 1. The molecule has 0 saturated carbocycles. The zero-order chi connectivity index (χ0) is 21.4. The van der Waals surface area contributed by atoms with Gasteiger partial charge in [-0.15, -0.1) is 0 Å².